The molecule has 3 aromatic carbocycles. The van der Waals surface area contributed by atoms with Gasteiger partial charge in [-0.15, -0.1) is 0 Å². The van der Waals surface area contributed by atoms with E-state index in [1.165, 1.54) is 18.4 Å². The summed E-state index contributed by atoms with van der Waals surface area (Å²) >= 11 is 0. The van der Waals surface area contributed by atoms with Gasteiger partial charge in [0.05, 0.1) is 18.4 Å². The van der Waals surface area contributed by atoms with Crippen LogP contribution in [0.25, 0.3) is 0 Å². The molecule has 0 atom stereocenters. The second-order valence-electron chi connectivity index (χ2n) is 10.3. The third-order valence-electron chi connectivity index (χ3n) is 6.14. The molecule has 4 rings (SSSR count). The van der Waals surface area contributed by atoms with Gasteiger partial charge in [-0.1, -0.05) is 51.1 Å². The smallest absolute Gasteiger partial charge is 0.416 e. The number of halogens is 3. The SMILES string of the molecule is CC(C)(C)c1ccc(C(=O)N(Cc2cccc(OS(=O)(=O)c3cccc(C(F)(F)F)c3)c2)Cc2ccco2)cc1. The van der Waals surface area contributed by atoms with E-state index in [9.17, 15) is 26.4 Å². The van der Waals surface area contributed by atoms with Crippen LogP contribution in [0.2, 0.25) is 0 Å². The fourth-order valence-electron chi connectivity index (χ4n) is 4.00. The molecule has 0 aliphatic carbocycles. The highest BCUT2D eigenvalue weighted by molar-refractivity contribution is 7.87. The number of carbonyl (C=O) groups excluding carboxylic acids is 1. The van der Waals surface area contributed by atoms with Crippen LogP contribution in [0.15, 0.2) is 101 Å². The maximum atomic E-state index is 13.5. The zero-order chi connectivity index (χ0) is 29.1. The molecule has 0 aliphatic heterocycles. The lowest BCUT2D eigenvalue weighted by Gasteiger charge is -2.23. The molecule has 0 unspecified atom stereocenters. The monoisotopic (exact) mass is 571 g/mol. The van der Waals surface area contributed by atoms with Crippen molar-refractivity contribution in [1.29, 1.82) is 0 Å². The van der Waals surface area contributed by atoms with Gasteiger partial charge in [-0.05, 0) is 71.1 Å². The number of furan rings is 1. The van der Waals surface area contributed by atoms with E-state index >= 15 is 0 Å². The maximum absolute atomic E-state index is 13.5. The Kier molecular flexibility index (Phi) is 8.11. The van der Waals surface area contributed by atoms with Crippen LogP contribution >= 0.6 is 0 Å². The summed E-state index contributed by atoms with van der Waals surface area (Å²) in [5, 5.41) is 0. The van der Waals surface area contributed by atoms with Gasteiger partial charge < -0.3 is 13.5 Å². The fourth-order valence-corrected chi connectivity index (χ4v) is 4.97. The van der Waals surface area contributed by atoms with E-state index in [2.05, 4.69) is 20.8 Å². The molecule has 1 heterocycles. The van der Waals surface area contributed by atoms with E-state index in [4.69, 9.17) is 8.60 Å². The van der Waals surface area contributed by atoms with E-state index in [0.717, 1.165) is 23.8 Å². The predicted octanol–water partition coefficient (Wildman–Crippen LogP) is 7.21. The summed E-state index contributed by atoms with van der Waals surface area (Å²) in [6, 6.07) is 20.2. The number of rotatable bonds is 8. The summed E-state index contributed by atoms with van der Waals surface area (Å²) in [5.74, 6) is 0.189. The first-order valence-electron chi connectivity index (χ1n) is 12.4. The topological polar surface area (TPSA) is 76.8 Å². The van der Waals surface area contributed by atoms with Crippen LogP contribution in [0.4, 0.5) is 13.2 Å². The van der Waals surface area contributed by atoms with Crippen molar-refractivity contribution in [3.05, 3.63) is 119 Å². The Morgan fingerprint density at radius 2 is 1.55 bits per heavy atom. The number of nitrogens with zero attached hydrogens (tertiary/aromatic N) is 1. The largest absolute Gasteiger partial charge is 0.467 e. The molecule has 0 fully saturated rings. The second kappa shape index (κ2) is 11.2. The van der Waals surface area contributed by atoms with Gasteiger partial charge in [0, 0.05) is 12.1 Å². The highest BCUT2D eigenvalue weighted by Crippen LogP contribution is 2.31. The average molecular weight is 572 g/mol. The molecule has 0 spiro atoms. The molecular weight excluding hydrogens is 543 g/mol. The summed E-state index contributed by atoms with van der Waals surface area (Å²) < 4.78 is 75.3. The molecule has 10 heteroatoms. The van der Waals surface area contributed by atoms with Gasteiger partial charge >= 0.3 is 16.3 Å². The van der Waals surface area contributed by atoms with E-state index in [1.54, 1.807) is 41.3 Å². The molecule has 4 aromatic rings. The first-order valence-corrected chi connectivity index (χ1v) is 13.8. The van der Waals surface area contributed by atoms with Crippen molar-refractivity contribution in [3.8, 4) is 5.75 Å². The van der Waals surface area contributed by atoms with Gasteiger partial charge in [0.2, 0.25) is 0 Å². The molecule has 0 aliphatic rings. The van der Waals surface area contributed by atoms with Crippen LogP contribution < -0.4 is 4.18 Å². The first-order chi connectivity index (χ1) is 18.7. The minimum absolute atomic E-state index is 0.0791. The van der Waals surface area contributed by atoms with Crippen molar-refractivity contribution < 1.29 is 35.0 Å². The molecule has 0 saturated heterocycles. The van der Waals surface area contributed by atoms with E-state index in [1.807, 2.05) is 12.1 Å². The van der Waals surface area contributed by atoms with Crippen molar-refractivity contribution >= 4 is 16.0 Å². The van der Waals surface area contributed by atoms with Gasteiger partial charge in [-0.2, -0.15) is 21.6 Å². The molecule has 0 N–H and O–H groups in total. The second-order valence-corrected chi connectivity index (χ2v) is 11.8. The minimum Gasteiger partial charge on any atom is -0.467 e. The molecular formula is C30H28F3NO5S. The summed E-state index contributed by atoms with van der Waals surface area (Å²) in [4.78, 5) is 14.4. The van der Waals surface area contributed by atoms with Crippen LogP contribution in [0, 0.1) is 0 Å². The molecule has 210 valence electrons. The molecule has 0 radical (unpaired) electrons. The van der Waals surface area contributed by atoms with Crippen molar-refractivity contribution in [2.75, 3.05) is 0 Å². The average Bonchev–Trinajstić information content (AvgIpc) is 3.40. The minimum atomic E-state index is -4.71. The quantitative estimate of drug-likeness (QED) is 0.209. The number of benzene rings is 3. The Bertz CT molecular complexity index is 1570. The van der Waals surface area contributed by atoms with Gasteiger partial charge in [0.25, 0.3) is 5.91 Å². The van der Waals surface area contributed by atoms with Crippen LogP contribution in [0.5, 0.6) is 5.75 Å². The van der Waals surface area contributed by atoms with E-state index in [-0.39, 0.29) is 30.2 Å². The predicted molar refractivity (Wildman–Crippen MR) is 143 cm³/mol. The molecule has 1 aromatic heterocycles. The zero-order valence-corrected chi connectivity index (χ0v) is 22.9. The third kappa shape index (κ3) is 7.12. The first kappa shape index (κ1) is 28.9. The molecule has 0 bridgehead atoms. The van der Waals surface area contributed by atoms with Crippen LogP contribution in [-0.4, -0.2) is 19.2 Å². The van der Waals surface area contributed by atoms with Crippen LogP contribution in [0.1, 0.15) is 53.6 Å². The summed E-state index contributed by atoms with van der Waals surface area (Å²) in [7, 11) is -4.55. The zero-order valence-electron chi connectivity index (χ0n) is 22.1. The molecule has 1 amide bonds. The van der Waals surface area contributed by atoms with Crippen molar-refractivity contribution in [3.63, 3.8) is 0 Å². The lowest BCUT2D eigenvalue weighted by Crippen LogP contribution is -2.30. The molecule has 6 nitrogen and oxygen atoms in total. The maximum Gasteiger partial charge on any atom is 0.416 e. The number of carbonyl (C=O) groups is 1. The standard InChI is InChI=1S/C30H28F3NO5S/c1-29(2,3)23-14-12-22(13-15-23)28(35)34(20-26-10-6-16-38-26)19-21-7-4-9-25(17-21)39-40(36,37)27-11-5-8-24(18-27)30(31,32)33/h4-18H,19-20H2,1-3H3. The van der Waals surface area contributed by atoms with Gasteiger partial charge in [0.15, 0.2) is 0 Å². The number of alkyl halides is 3. The van der Waals surface area contributed by atoms with Crippen LogP contribution in [0.3, 0.4) is 0 Å². The summed E-state index contributed by atoms with van der Waals surface area (Å²) in [5.41, 5.74) is 0.911. The number of amides is 1. The Labute approximate surface area is 231 Å². The Morgan fingerprint density at radius 1 is 0.850 bits per heavy atom. The number of hydrogen-bond acceptors (Lipinski definition) is 5. The Balaban J connectivity index is 1.57. The lowest BCUT2D eigenvalue weighted by atomic mass is 9.86. The molecule has 0 saturated carbocycles. The van der Waals surface area contributed by atoms with Gasteiger partial charge in [-0.3, -0.25) is 4.79 Å². The van der Waals surface area contributed by atoms with Crippen molar-refractivity contribution in [2.45, 2.75) is 50.3 Å². The van der Waals surface area contributed by atoms with Gasteiger partial charge in [-0.25, -0.2) is 0 Å². The Morgan fingerprint density at radius 3 is 2.17 bits per heavy atom. The fraction of sp³-hybridized carbons (Fsp3) is 0.233. The normalized spacial score (nSPS) is 12.2. The molecule has 40 heavy (non-hydrogen) atoms. The highest BCUT2D eigenvalue weighted by Gasteiger charge is 2.32. The third-order valence-corrected chi connectivity index (χ3v) is 7.38. The lowest BCUT2D eigenvalue weighted by molar-refractivity contribution is -0.137. The van der Waals surface area contributed by atoms with Gasteiger partial charge in [0.1, 0.15) is 16.4 Å². The van der Waals surface area contributed by atoms with E-state index < -0.39 is 26.8 Å². The number of hydrogen-bond donors (Lipinski definition) is 0. The summed E-state index contributed by atoms with van der Waals surface area (Å²) in [6.45, 7) is 6.47. The van der Waals surface area contributed by atoms with Crippen LogP contribution in [-0.2, 0) is 34.8 Å². The van der Waals surface area contributed by atoms with Crippen molar-refractivity contribution in [1.82, 2.24) is 4.90 Å². The van der Waals surface area contributed by atoms with E-state index in [0.29, 0.717) is 23.0 Å². The van der Waals surface area contributed by atoms with Crippen molar-refractivity contribution in [2.24, 2.45) is 0 Å². The summed E-state index contributed by atoms with van der Waals surface area (Å²) in [6.07, 6.45) is -3.20. The Hall–Kier alpha value is -4.05. The highest BCUT2D eigenvalue weighted by atomic mass is 32.2.